The number of carboxylic acids is 1. The predicted molar refractivity (Wildman–Crippen MR) is 62.1 cm³/mol. The molecule has 0 atom stereocenters. The van der Waals surface area contributed by atoms with E-state index in [0.717, 1.165) is 23.1 Å². The molecule has 0 saturated carbocycles. The van der Waals surface area contributed by atoms with Gasteiger partial charge in [0, 0.05) is 11.1 Å². The minimum absolute atomic E-state index is 0.679. The third kappa shape index (κ3) is 3.10. The molecular weight excluding hydrogens is 212 g/mol. The molecule has 0 aliphatic carbocycles. The highest BCUT2D eigenvalue weighted by Gasteiger charge is 2.04. The van der Waals surface area contributed by atoms with Crippen LogP contribution >= 0.6 is 11.6 Å². The molecule has 1 N–H and O–H groups in total. The van der Waals surface area contributed by atoms with Gasteiger partial charge in [0.25, 0.3) is 0 Å². The third-order valence-electron chi connectivity index (χ3n) is 2.21. The molecule has 0 aliphatic rings. The van der Waals surface area contributed by atoms with Crippen LogP contribution < -0.4 is 0 Å². The smallest absolute Gasteiger partial charge is 0.328 e. The Bertz CT molecular complexity index is 408. The van der Waals surface area contributed by atoms with E-state index in [9.17, 15) is 4.79 Å². The Balaban J connectivity index is 3.19. The molecule has 15 heavy (non-hydrogen) atoms. The zero-order chi connectivity index (χ0) is 11.4. The van der Waals surface area contributed by atoms with Crippen molar-refractivity contribution < 1.29 is 9.90 Å². The topological polar surface area (TPSA) is 37.3 Å². The minimum atomic E-state index is -0.926. The van der Waals surface area contributed by atoms with Crippen LogP contribution in [0.4, 0.5) is 0 Å². The molecule has 0 heterocycles. The summed E-state index contributed by atoms with van der Waals surface area (Å²) < 4.78 is 0. The highest BCUT2D eigenvalue weighted by Crippen LogP contribution is 2.23. The van der Waals surface area contributed by atoms with E-state index < -0.39 is 5.97 Å². The van der Waals surface area contributed by atoms with Gasteiger partial charge in [-0.05, 0) is 42.2 Å². The van der Waals surface area contributed by atoms with Crippen LogP contribution in [-0.4, -0.2) is 11.1 Å². The van der Waals surface area contributed by atoms with Crippen LogP contribution in [0.2, 0.25) is 5.02 Å². The highest BCUT2D eigenvalue weighted by molar-refractivity contribution is 6.30. The number of aliphatic carboxylic acids is 1. The van der Waals surface area contributed by atoms with E-state index in [-0.39, 0.29) is 0 Å². The van der Waals surface area contributed by atoms with E-state index in [0.29, 0.717) is 5.02 Å². The summed E-state index contributed by atoms with van der Waals surface area (Å²) in [5.74, 6) is -0.926. The Morgan fingerprint density at radius 2 is 2.20 bits per heavy atom. The lowest BCUT2D eigenvalue weighted by molar-refractivity contribution is -0.131. The van der Waals surface area contributed by atoms with Gasteiger partial charge in [-0.1, -0.05) is 24.6 Å². The molecule has 1 rings (SSSR count). The zero-order valence-corrected chi connectivity index (χ0v) is 9.51. The van der Waals surface area contributed by atoms with Crippen LogP contribution in [-0.2, 0) is 11.2 Å². The fraction of sp³-hybridized carbons (Fsp3) is 0.250. The lowest BCUT2D eigenvalue weighted by atomic mass is 9.99. The SMILES string of the molecule is CCc1cc(Cl)ccc1C(C)=CC(=O)O. The number of benzene rings is 1. The Morgan fingerprint density at radius 3 is 2.73 bits per heavy atom. The number of halogens is 1. The third-order valence-corrected chi connectivity index (χ3v) is 2.45. The number of aryl methyl sites for hydroxylation is 1. The maximum absolute atomic E-state index is 10.5. The highest BCUT2D eigenvalue weighted by atomic mass is 35.5. The number of hydrogen-bond donors (Lipinski definition) is 1. The van der Waals surface area contributed by atoms with Gasteiger partial charge in [-0.2, -0.15) is 0 Å². The van der Waals surface area contributed by atoms with Crippen molar-refractivity contribution in [2.45, 2.75) is 20.3 Å². The maximum atomic E-state index is 10.5. The van der Waals surface area contributed by atoms with Crippen molar-refractivity contribution in [3.8, 4) is 0 Å². The number of carboxylic acid groups (broad SMARTS) is 1. The normalized spacial score (nSPS) is 11.5. The number of rotatable bonds is 3. The predicted octanol–water partition coefficient (Wildman–Crippen LogP) is 3.39. The van der Waals surface area contributed by atoms with E-state index >= 15 is 0 Å². The Kier molecular flexibility index (Phi) is 3.92. The van der Waals surface area contributed by atoms with Crippen molar-refractivity contribution in [3.05, 3.63) is 40.4 Å². The van der Waals surface area contributed by atoms with Gasteiger partial charge in [0.1, 0.15) is 0 Å². The van der Waals surface area contributed by atoms with Gasteiger partial charge in [-0.3, -0.25) is 0 Å². The summed E-state index contributed by atoms with van der Waals surface area (Å²) in [7, 11) is 0. The molecular formula is C12H13ClO2. The van der Waals surface area contributed by atoms with Crippen molar-refractivity contribution in [2.75, 3.05) is 0 Å². The first-order valence-corrected chi connectivity index (χ1v) is 5.12. The van der Waals surface area contributed by atoms with Gasteiger partial charge < -0.3 is 5.11 Å². The van der Waals surface area contributed by atoms with Gasteiger partial charge in [-0.25, -0.2) is 4.79 Å². The van der Waals surface area contributed by atoms with E-state index in [1.807, 2.05) is 19.1 Å². The quantitative estimate of drug-likeness (QED) is 0.800. The first kappa shape index (κ1) is 11.8. The molecule has 1 aromatic carbocycles. The Labute approximate surface area is 94.2 Å². The summed E-state index contributed by atoms with van der Waals surface area (Å²) in [6.07, 6.45) is 2.04. The van der Waals surface area contributed by atoms with E-state index in [2.05, 4.69) is 0 Å². The van der Waals surface area contributed by atoms with Crippen LogP contribution in [0, 0.1) is 0 Å². The molecule has 0 bridgehead atoms. The monoisotopic (exact) mass is 224 g/mol. The molecule has 0 fully saturated rings. The number of carbonyl (C=O) groups is 1. The molecule has 0 amide bonds. The van der Waals surface area contributed by atoms with Crippen LogP contribution in [0.1, 0.15) is 25.0 Å². The maximum Gasteiger partial charge on any atom is 0.328 e. The van der Waals surface area contributed by atoms with E-state index in [4.69, 9.17) is 16.7 Å². The molecule has 2 nitrogen and oxygen atoms in total. The van der Waals surface area contributed by atoms with Crippen LogP contribution in [0.3, 0.4) is 0 Å². The van der Waals surface area contributed by atoms with E-state index in [1.165, 1.54) is 6.08 Å². The standard InChI is InChI=1S/C12H13ClO2/c1-3-9-7-10(13)4-5-11(9)8(2)6-12(14)15/h4-7H,3H2,1-2H3,(H,14,15). The van der Waals surface area contributed by atoms with Crippen LogP contribution in [0.25, 0.3) is 5.57 Å². The fourth-order valence-electron chi connectivity index (χ4n) is 1.50. The van der Waals surface area contributed by atoms with Gasteiger partial charge in [0.2, 0.25) is 0 Å². The summed E-state index contributed by atoms with van der Waals surface area (Å²) in [6, 6.07) is 5.50. The van der Waals surface area contributed by atoms with Crippen molar-refractivity contribution in [1.82, 2.24) is 0 Å². The minimum Gasteiger partial charge on any atom is -0.478 e. The summed E-state index contributed by atoms with van der Waals surface area (Å²) in [5, 5.41) is 9.34. The van der Waals surface area contributed by atoms with Gasteiger partial charge in [0.15, 0.2) is 0 Å². The average molecular weight is 225 g/mol. The molecule has 80 valence electrons. The number of hydrogen-bond acceptors (Lipinski definition) is 1. The van der Waals surface area contributed by atoms with Gasteiger partial charge in [-0.15, -0.1) is 0 Å². The lowest BCUT2D eigenvalue weighted by Crippen LogP contribution is -1.94. The fourth-order valence-corrected chi connectivity index (χ4v) is 1.70. The van der Waals surface area contributed by atoms with Crippen LogP contribution in [0.15, 0.2) is 24.3 Å². The van der Waals surface area contributed by atoms with Crippen molar-refractivity contribution in [3.63, 3.8) is 0 Å². The molecule has 0 radical (unpaired) electrons. The first-order valence-electron chi connectivity index (χ1n) is 4.74. The first-order chi connectivity index (χ1) is 7.04. The molecule has 0 saturated heterocycles. The molecule has 1 aromatic rings. The van der Waals surface area contributed by atoms with Crippen molar-refractivity contribution in [2.24, 2.45) is 0 Å². The van der Waals surface area contributed by atoms with Gasteiger partial charge >= 0.3 is 5.97 Å². The summed E-state index contributed by atoms with van der Waals surface area (Å²) in [4.78, 5) is 10.5. The largest absolute Gasteiger partial charge is 0.478 e. The Hall–Kier alpha value is -1.28. The Morgan fingerprint density at radius 1 is 1.53 bits per heavy atom. The molecule has 0 spiro atoms. The summed E-state index contributed by atoms with van der Waals surface area (Å²) in [6.45, 7) is 3.81. The molecule has 0 unspecified atom stereocenters. The van der Waals surface area contributed by atoms with E-state index in [1.54, 1.807) is 13.0 Å². The average Bonchev–Trinajstić information content (AvgIpc) is 2.16. The lowest BCUT2D eigenvalue weighted by Gasteiger charge is -2.08. The van der Waals surface area contributed by atoms with Crippen molar-refractivity contribution in [1.29, 1.82) is 0 Å². The second kappa shape index (κ2) is 4.99. The molecule has 0 aromatic heterocycles. The molecule has 0 aliphatic heterocycles. The second-order valence-electron chi connectivity index (χ2n) is 3.32. The van der Waals surface area contributed by atoms with Gasteiger partial charge in [0.05, 0.1) is 0 Å². The molecule has 3 heteroatoms. The summed E-state index contributed by atoms with van der Waals surface area (Å²) >= 11 is 5.87. The second-order valence-corrected chi connectivity index (χ2v) is 3.76. The zero-order valence-electron chi connectivity index (χ0n) is 8.75. The summed E-state index contributed by atoms with van der Waals surface area (Å²) in [5.41, 5.74) is 2.76. The number of allylic oxidation sites excluding steroid dienone is 1. The van der Waals surface area contributed by atoms with Crippen LogP contribution in [0.5, 0.6) is 0 Å². The van der Waals surface area contributed by atoms with Crippen molar-refractivity contribution >= 4 is 23.1 Å².